The van der Waals surface area contributed by atoms with Crippen LogP contribution in [0.2, 0.25) is 0 Å². The van der Waals surface area contributed by atoms with Gasteiger partial charge in [-0.1, -0.05) is 20.8 Å². The molecule has 1 atom stereocenters. The molecular formula is C26H37N3O3. The maximum Gasteiger partial charge on any atom is 0.254 e. The molecule has 2 aromatic carbocycles. The summed E-state index contributed by atoms with van der Waals surface area (Å²) in [5.74, 6) is 0.979. The van der Waals surface area contributed by atoms with Crippen molar-refractivity contribution < 1.29 is 14.3 Å². The summed E-state index contributed by atoms with van der Waals surface area (Å²) >= 11 is 0. The third-order valence-corrected chi connectivity index (χ3v) is 5.50. The van der Waals surface area contributed by atoms with E-state index in [4.69, 9.17) is 4.74 Å². The molecule has 1 N–H and O–H groups in total. The third kappa shape index (κ3) is 6.74. The van der Waals surface area contributed by atoms with Gasteiger partial charge in [-0.05, 0) is 67.3 Å². The Labute approximate surface area is 192 Å². The van der Waals surface area contributed by atoms with E-state index < -0.39 is 0 Å². The molecular weight excluding hydrogens is 402 g/mol. The topological polar surface area (TPSA) is 61.9 Å². The van der Waals surface area contributed by atoms with Crippen molar-refractivity contribution in [3.63, 3.8) is 0 Å². The van der Waals surface area contributed by atoms with Crippen molar-refractivity contribution in [1.29, 1.82) is 0 Å². The van der Waals surface area contributed by atoms with E-state index in [9.17, 15) is 9.59 Å². The van der Waals surface area contributed by atoms with E-state index in [1.165, 1.54) is 0 Å². The number of nitrogens with zero attached hydrogens (tertiary/aromatic N) is 2. The van der Waals surface area contributed by atoms with Gasteiger partial charge in [0, 0.05) is 50.0 Å². The summed E-state index contributed by atoms with van der Waals surface area (Å²) in [5.41, 5.74) is 3.37. The quantitative estimate of drug-likeness (QED) is 0.554. The Morgan fingerprint density at radius 3 is 2.22 bits per heavy atom. The molecule has 0 aromatic heterocycles. The van der Waals surface area contributed by atoms with Crippen LogP contribution in [0.15, 0.2) is 42.5 Å². The zero-order valence-electron chi connectivity index (χ0n) is 20.4. The van der Waals surface area contributed by atoms with Gasteiger partial charge in [-0.15, -0.1) is 0 Å². The van der Waals surface area contributed by atoms with Gasteiger partial charge in [-0.3, -0.25) is 9.59 Å². The second kappa shape index (κ2) is 11.6. The standard InChI is InChI=1S/C26H37N3O3/c1-8-19(4)29(26(31)20-9-12-23(32-7)13-10-20)17-21-16-22(11-14-24(21)28(5)6)27-25(30)15-18(2)3/h9-14,16,18-19H,8,15,17H2,1-7H3,(H,27,30)/t19-/m0/s1. The summed E-state index contributed by atoms with van der Waals surface area (Å²) in [6.07, 6.45) is 1.31. The third-order valence-electron chi connectivity index (χ3n) is 5.50. The molecule has 0 aliphatic carbocycles. The van der Waals surface area contributed by atoms with E-state index in [1.54, 1.807) is 31.4 Å². The van der Waals surface area contributed by atoms with Crippen molar-refractivity contribution >= 4 is 23.2 Å². The summed E-state index contributed by atoms with van der Waals surface area (Å²) < 4.78 is 5.22. The molecule has 6 heteroatoms. The first kappa shape index (κ1) is 25.2. The first-order valence-electron chi connectivity index (χ1n) is 11.2. The molecule has 174 valence electrons. The van der Waals surface area contributed by atoms with E-state index in [0.717, 1.165) is 29.1 Å². The van der Waals surface area contributed by atoms with Crippen LogP contribution in [0.5, 0.6) is 5.75 Å². The van der Waals surface area contributed by atoms with Crippen LogP contribution in [0.25, 0.3) is 0 Å². The molecule has 2 rings (SSSR count). The van der Waals surface area contributed by atoms with Crippen molar-refractivity contribution in [2.45, 2.75) is 53.1 Å². The zero-order chi connectivity index (χ0) is 23.8. The number of anilines is 2. The summed E-state index contributed by atoms with van der Waals surface area (Å²) in [7, 11) is 5.57. The summed E-state index contributed by atoms with van der Waals surface area (Å²) in [4.78, 5) is 29.6. The lowest BCUT2D eigenvalue weighted by atomic mass is 10.1. The van der Waals surface area contributed by atoms with Gasteiger partial charge in [0.1, 0.15) is 5.75 Å². The molecule has 6 nitrogen and oxygen atoms in total. The largest absolute Gasteiger partial charge is 0.497 e. The summed E-state index contributed by atoms with van der Waals surface area (Å²) in [5, 5.41) is 3.00. The van der Waals surface area contributed by atoms with Gasteiger partial charge in [-0.25, -0.2) is 0 Å². The van der Waals surface area contributed by atoms with Crippen molar-refractivity contribution in [3.05, 3.63) is 53.6 Å². The maximum absolute atomic E-state index is 13.4. The van der Waals surface area contributed by atoms with Crippen molar-refractivity contribution in [3.8, 4) is 5.75 Å². The Balaban J connectivity index is 2.36. The molecule has 0 fully saturated rings. The van der Waals surface area contributed by atoms with Crippen LogP contribution in [0, 0.1) is 5.92 Å². The number of carbonyl (C=O) groups excluding carboxylic acids is 2. The molecule has 0 radical (unpaired) electrons. The molecule has 0 aliphatic heterocycles. The average Bonchev–Trinajstić information content (AvgIpc) is 2.75. The summed E-state index contributed by atoms with van der Waals surface area (Å²) in [6.45, 7) is 8.63. The minimum Gasteiger partial charge on any atom is -0.497 e. The first-order chi connectivity index (χ1) is 15.2. The SMILES string of the molecule is CC[C@H](C)N(Cc1cc(NC(=O)CC(C)C)ccc1N(C)C)C(=O)c1ccc(OC)cc1. The predicted molar refractivity (Wildman–Crippen MR) is 131 cm³/mol. The van der Waals surface area contributed by atoms with E-state index in [-0.39, 0.29) is 17.9 Å². The van der Waals surface area contributed by atoms with Gasteiger partial charge in [0.2, 0.25) is 5.91 Å². The Hall–Kier alpha value is -3.02. The van der Waals surface area contributed by atoms with E-state index >= 15 is 0 Å². The minimum absolute atomic E-state index is 0.00311. The van der Waals surface area contributed by atoms with Crippen molar-refractivity contribution in [1.82, 2.24) is 4.90 Å². The number of rotatable bonds is 10. The van der Waals surface area contributed by atoms with Gasteiger partial charge in [0.15, 0.2) is 0 Å². The molecule has 0 saturated heterocycles. The highest BCUT2D eigenvalue weighted by molar-refractivity contribution is 5.95. The smallest absolute Gasteiger partial charge is 0.254 e. The molecule has 0 aliphatic rings. The molecule has 0 saturated carbocycles. The van der Waals surface area contributed by atoms with Gasteiger partial charge in [0.25, 0.3) is 5.91 Å². The zero-order valence-corrected chi connectivity index (χ0v) is 20.4. The van der Waals surface area contributed by atoms with Gasteiger partial charge < -0.3 is 19.9 Å². The van der Waals surface area contributed by atoms with E-state index in [0.29, 0.717) is 24.4 Å². The lowest BCUT2D eigenvalue weighted by Gasteiger charge is -2.31. The van der Waals surface area contributed by atoms with Gasteiger partial charge >= 0.3 is 0 Å². The number of carbonyl (C=O) groups is 2. The molecule has 2 aromatic rings. The molecule has 0 spiro atoms. The molecule has 32 heavy (non-hydrogen) atoms. The van der Waals surface area contributed by atoms with E-state index in [2.05, 4.69) is 19.2 Å². The van der Waals surface area contributed by atoms with Crippen molar-refractivity contribution in [2.24, 2.45) is 5.92 Å². The molecule has 0 unspecified atom stereocenters. The lowest BCUT2D eigenvalue weighted by Crippen LogP contribution is -2.38. The Morgan fingerprint density at radius 1 is 1.03 bits per heavy atom. The number of hydrogen-bond donors (Lipinski definition) is 1. The Morgan fingerprint density at radius 2 is 1.69 bits per heavy atom. The predicted octanol–water partition coefficient (Wildman–Crippen LogP) is 5.19. The fraction of sp³-hybridized carbons (Fsp3) is 0.462. The Kier molecular flexibility index (Phi) is 9.12. The van der Waals surface area contributed by atoms with Gasteiger partial charge in [-0.2, -0.15) is 0 Å². The number of methoxy groups -OCH3 is 1. The van der Waals surface area contributed by atoms with Crippen LogP contribution >= 0.6 is 0 Å². The number of ether oxygens (including phenoxy) is 1. The van der Waals surface area contributed by atoms with E-state index in [1.807, 2.05) is 55.9 Å². The van der Waals surface area contributed by atoms with Crippen LogP contribution < -0.4 is 15.0 Å². The highest BCUT2D eigenvalue weighted by Crippen LogP contribution is 2.27. The molecule has 0 bridgehead atoms. The second-order valence-electron chi connectivity index (χ2n) is 8.80. The highest BCUT2D eigenvalue weighted by atomic mass is 16.5. The lowest BCUT2D eigenvalue weighted by molar-refractivity contribution is -0.116. The van der Waals surface area contributed by atoms with Crippen LogP contribution in [0.4, 0.5) is 11.4 Å². The number of nitrogens with one attached hydrogen (secondary N) is 1. The fourth-order valence-electron chi connectivity index (χ4n) is 3.54. The van der Waals surface area contributed by atoms with Crippen molar-refractivity contribution in [2.75, 3.05) is 31.4 Å². The van der Waals surface area contributed by atoms with Gasteiger partial charge in [0.05, 0.1) is 7.11 Å². The van der Waals surface area contributed by atoms with Crippen LogP contribution in [-0.4, -0.2) is 44.0 Å². The minimum atomic E-state index is -0.0269. The van der Waals surface area contributed by atoms with Crippen LogP contribution in [-0.2, 0) is 11.3 Å². The fourth-order valence-corrected chi connectivity index (χ4v) is 3.54. The Bertz CT molecular complexity index is 907. The number of benzene rings is 2. The highest BCUT2D eigenvalue weighted by Gasteiger charge is 2.23. The second-order valence-corrected chi connectivity index (χ2v) is 8.80. The monoisotopic (exact) mass is 439 g/mol. The average molecular weight is 440 g/mol. The maximum atomic E-state index is 13.4. The number of amides is 2. The van der Waals surface area contributed by atoms with Crippen LogP contribution in [0.1, 0.15) is 56.5 Å². The summed E-state index contributed by atoms with van der Waals surface area (Å²) in [6, 6.07) is 13.1. The normalized spacial score (nSPS) is 11.8. The number of hydrogen-bond acceptors (Lipinski definition) is 4. The first-order valence-corrected chi connectivity index (χ1v) is 11.2. The molecule has 2 amide bonds. The van der Waals surface area contributed by atoms with Crippen LogP contribution in [0.3, 0.4) is 0 Å². The molecule has 0 heterocycles.